The van der Waals surface area contributed by atoms with Gasteiger partial charge in [0.1, 0.15) is 5.76 Å². The van der Waals surface area contributed by atoms with E-state index in [1.807, 2.05) is 6.07 Å². The largest absolute Gasteiger partial charge is 0.451 e. The van der Waals surface area contributed by atoms with Gasteiger partial charge in [-0.3, -0.25) is 0 Å². The number of benzene rings is 1. The molecule has 2 nitrogen and oxygen atoms in total. The first-order valence-electron chi connectivity index (χ1n) is 6.37. The summed E-state index contributed by atoms with van der Waals surface area (Å²) in [4.78, 5) is 0. The van der Waals surface area contributed by atoms with Crippen LogP contribution in [0, 0.1) is 0 Å². The molecule has 1 unspecified atom stereocenters. The zero-order valence-electron chi connectivity index (χ0n) is 11.0. The summed E-state index contributed by atoms with van der Waals surface area (Å²) in [6.45, 7) is 5.14. The van der Waals surface area contributed by atoms with E-state index < -0.39 is 0 Å². The number of furan rings is 1. The molecule has 1 aromatic carbocycles. The van der Waals surface area contributed by atoms with Gasteiger partial charge in [0, 0.05) is 5.69 Å². The van der Waals surface area contributed by atoms with Crippen LogP contribution in [0.15, 0.2) is 43.9 Å². The summed E-state index contributed by atoms with van der Waals surface area (Å²) in [7, 11) is 0. The van der Waals surface area contributed by atoms with Gasteiger partial charge < -0.3 is 9.73 Å². The van der Waals surface area contributed by atoms with Gasteiger partial charge >= 0.3 is 0 Å². The number of rotatable bonds is 5. The van der Waals surface area contributed by atoms with E-state index in [4.69, 9.17) is 4.42 Å². The molecule has 1 aromatic heterocycles. The second-order valence-electron chi connectivity index (χ2n) is 4.62. The topological polar surface area (TPSA) is 25.2 Å². The van der Waals surface area contributed by atoms with Crippen LogP contribution in [0.3, 0.4) is 0 Å². The number of hydrogen-bond donors (Lipinski definition) is 1. The molecule has 2 aromatic rings. The maximum atomic E-state index is 5.52. The molecule has 2 rings (SSSR count). The molecule has 19 heavy (non-hydrogen) atoms. The van der Waals surface area contributed by atoms with Crippen molar-refractivity contribution in [3.8, 4) is 0 Å². The van der Waals surface area contributed by atoms with Crippen molar-refractivity contribution < 1.29 is 4.42 Å². The molecule has 0 aliphatic carbocycles. The molecule has 0 radical (unpaired) electrons. The van der Waals surface area contributed by atoms with Gasteiger partial charge in [0.2, 0.25) is 0 Å². The van der Waals surface area contributed by atoms with Crippen LogP contribution in [0.4, 0.5) is 5.69 Å². The average Bonchev–Trinajstić information content (AvgIpc) is 2.75. The van der Waals surface area contributed by atoms with Crippen LogP contribution in [0.25, 0.3) is 0 Å². The van der Waals surface area contributed by atoms with Gasteiger partial charge in [-0.1, -0.05) is 26.0 Å². The summed E-state index contributed by atoms with van der Waals surface area (Å²) in [5.41, 5.74) is 2.49. The molecule has 0 fully saturated rings. The fourth-order valence-electron chi connectivity index (χ4n) is 1.83. The zero-order chi connectivity index (χ0) is 13.8. The second kappa shape index (κ2) is 6.62. The standard InChI is InChI=1S/C15H17Br2NO/c1-3-10(2)11-4-6-12(7-5-11)18-9-13-8-14(16)15(17)19-13/h4-8,10,18H,3,9H2,1-2H3. The molecule has 0 aliphatic rings. The predicted molar refractivity (Wildman–Crippen MR) is 86.6 cm³/mol. The van der Waals surface area contributed by atoms with Gasteiger partial charge in [-0.2, -0.15) is 0 Å². The Hall–Kier alpha value is -0.740. The van der Waals surface area contributed by atoms with Crippen LogP contribution < -0.4 is 5.32 Å². The van der Waals surface area contributed by atoms with E-state index in [-0.39, 0.29) is 0 Å². The Morgan fingerprint density at radius 1 is 1.21 bits per heavy atom. The molecule has 1 heterocycles. The van der Waals surface area contributed by atoms with Gasteiger partial charge in [-0.05, 0) is 68.0 Å². The summed E-state index contributed by atoms with van der Waals surface area (Å²) in [5, 5.41) is 3.35. The van der Waals surface area contributed by atoms with E-state index >= 15 is 0 Å². The Balaban J connectivity index is 1.96. The Kier molecular flexibility index (Phi) is 5.11. The average molecular weight is 387 g/mol. The minimum absolute atomic E-state index is 0.617. The van der Waals surface area contributed by atoms with Crippen molar-refractivity contribution in [3.05, 3.63) is 50.8 Å². The van der Waals surface area contributed by atoms with E-state index in [2.05, 4.69) is 75.3 Å². The highest BCUT2D eigenvalue weighted by Crippen LogP contribution is 2.27. The zero-order valence-corrected chi connectivity index (χ0v) is 14.2. The maximum absolute atomic E-state index is 5.52. The monoisotopic (exact) mass is 385 g/mol. The van der Waals surface area contributed by atoms with E-state index in [0.29, 0.717) is 12.5 Å². The number of halogens is 2. The summed E-state index contributed by atoms with van der Waals surface area (Å²) < 4.78 is 7.20. The highest BCUT2D eigenvalue weighted by atomic mass is 79.9. The first kappa shape index (κ1) is 14.7. The number of nitrogens with one attached hydrogen (secondary N) is 1. The summed E-state index contributed by atoms with van der Waals surface area (Å²) in [6, 6.07) is 10.6. The van der Waals surface area contributed by atoms with Gasteiger partial charge in [0.15, 0.2) is 4.67 Å². The van der Waals surface area contributed by atoms with E-state index in [0.717, 1.165) is 20.6 Å². The molecule has 0 saturated carbocycles. The van der Waals surface area contributed by atoms with Crippen LogP contribution in [0.1, 0.15) is 37.5 Å². The lowest BCUT2D eigenvalue weighted by Gasteiger charge is -2.10. The van der Waals surface area contributed by atoms with Gasteiger partial charge in [0.25, 0.3) is 0 Å². The van der Waals surface area contributed by atoms with Gasteiger partial charge in [0.05, 0.1) is 11.0 Å². The molecule has 102 valence electrons. The minimum atomic E-state index is 0.617. The highest BCUT2D eigenvalue weighted by Gasteiger charge is 2.06. The van der Waals surface area contributed by atoms with Crippen molar-refractivity contribution in [1.29, 1.82) is 0 Å². The molecular formula is C15H17Br2NO. The van der Waals surface area contributed by atoms with Crippen molar-refractivity contribution >= 4 is 37.5 Å². The van der Waals surface area contributed by atoms with Crippen LogP contribution in [0.5, 0.6) is 0 Å². The van der Waals surface area contributed by atoms with Crippen LogP contribution >= 0.6 is 31.9 Å². The fourth-order valence-corrected chi connectivity index (χ4v) is 2.49. The molecule has 4 heteroatoms. The van der Waals surface area contributed by atoms with Crippen LogP contribution in [-0.2, 0) is 6.54 Å². The van der Waals surface area contributed by atoms with Gasteiger partial charge in [-0.15, -0.1) is 0 Å². The van der Waals surface area contributed by atoms with Crippen LogP contribution in [0.2, 0.25) is 0 Å². The third-order valence-corrected chi connectivity index (χ3v) is 4.97. The molecule has 1 atom stereocenters. The van der Waals surface area contributed by atoms with Crippen molar-refractivity contribution in [2.24, 2.45) is 0 Å². The molecular weight excluding hydrogens is 370 g/mol. The minimum Gasteiger partial charge on any atom is -0.451 e. The third-order valence-electron chi connectivity index (χ3n) is 3.26. The Morgan fingerprint density at radius 2 is 1.89 bits per heavy atom. The quantitative estimate of drug-likeness (QED) is 0.688. The maximum Gasteiger partial charge on any atom is 0.183 e. The van der Waals surface area contributed by atoms with E-state index in [1.165, 1.54) is 12.0 Å². The van der Waals surface area contributed by atoms with Crippen molar-refractivity contribution in [1.82, 2.24) is 0 Å². The number of anilines is 1. The SMILES string of the molecule is CCC(C)c1ccc(NCc2cc(Br)c(Br)o2)cc1. The summed E-state index contributed by atoms with van der Waals surface area (Å²) in [5.74, 6) is 1.51. The van der Waals surface area contributed by atoms with Crippen molar-refractivity contribution in [2.45, 2.75) is 32.7 Å². The molecule has 0 bridgehead atoms. The molecule has 0 spiro atoms. The van der Waals surface area contributed by atoms with Crippen molar-refractivity contribution in [3.63, 3.8) is 0 Å². The summed E-state index contributed by atoms with van der Waals surface area (Å²) >= 11 is 6.74. The highest BCUT2D eigenvalue weighted by molar-refractivity contribution is 9.13. The molecule has 0 saturated heterocycles. The lowest BCUT2D eigenvalue weighted by molar-refractivity contribution is 0.494. The summed E-state index contributed by atoms with van der Waals surface area (Å²) in [6.07, 6.45) is 1.17. The first-order chi connectivity index (χ1) is 9.10. The molecule has 0 amide bonds. The lowest BCUT2D eigenvalue weighted by Crippen LogP contribution is -1.98. The third kappa shape index (κ3) is 3.86. The second-order valence-corrected chi connectivity index (χ2v) is 6.19. The molecule has 1 N–H and O–H groups in total. The van der Waals surface area contributed by atoms with Gasteiger partial charge in [-0.25, -0.2) is 0 Å². The van der Waals surface area contributed by atoms with E-state index in [9.17, 15) is 0 Å². The normalized spacial score (nSPS) is 12.4. The molecule has 0 aliphatic heterocycles. The van der Waals surface area contributed by atoms with E-state index in [1.54, 1.807) is 0 Å². The first-order valence-corrected chi connectivity index (χ1v) is 7.96. The smallest absolute Gasteiger partial charge is 0.183 e. The Labute approximate surface area is 130 Å². The fraction of sp³-hybridized carbons (Fsp3) is 0.333. The predicted octanol–water partition coefficient (Wildman–Crippen LogP) is 5.93. The lowest BCUT2D eigenvalue weighted by atomic mass is 9.99. The van der Waals surface area contributed by atoms with Crippen LogP contribution in [-0.4, -0.2) is 0 Å². The Bertz CT molecular complexity index is 514. The number of hydrogen-bond acceptors (Lipinski definition) is 2. The Morgan fingerprint density at radius 3 is 2.42 bits per heavy atom. The van der Waals surface area contributed by atoms with Crippen molar-refractivity contribution in [2.75, 3.05) is 5.32 Å².